The second-order valence-electron chi connectivity index (χ2n) is 17.0. The smallest absolute Gasteiger partial charge is 0.340 e. The zero-order valence-corrected chi connectivity index (χ0v) is 38.7. The maximum absolute atomic E-state index is 14.1. The zero-order valence-electron chi connectivity index (χ0n) is 38.7. The van der Waals surface area contributed by atoms with Crippen molar-refractivity contribution >= 4 is 34.7 Å². The van der Waals surface area contributed by atoms with Crippen molar-refractivity contribution in [3.05, 3.63) is 181 Å². The molecule has 0 radical (unpaired) electrons. The first-order valence-corrected chi connectivity index (χ1v) is 24.1. The molecule has 6 heteroatoms. The van der Waals surface area contributed by atoms with Gasteiger partial charge in [0.2, 0.25) is 0 Å². The van der Waals surface area contributed by atoms with Gasteiger partial charge in [0.1, 0.15) is 0 Å². The summed E-state index contributed by atoms with van der Waals surface area (Å²) in [5.74, 6) is -0.906. The molecule has 7 rings (SSSR count). The summed E-state index contributed by atoms with van der Waals surface area (Å²) in [5.41, 5.74) is 12.1. The first-order chi connectivity index (χ1) is 32.5. The number of hydrogen-bond acceptors (Lipinski definition) is 6. The van der Waals surface area contributed by atoms with Gasteiger partial charge in [0.05, 0.1) is 35.7 Å². The summed E-state index contributed by atoms with van der Waals surface area (Å²) in [4.78, 5) is 28.1. The number of esters is 2. The van der Waals surface area contributed by atoms with E-state index >= 15 is 0 Å². The van der Waals surface area contributed by atoms with Gasteiger partial charge in [0, 0.05) is 11.4 Å². The molecule has 338 valence electrons. The van der Waals surface area contributed by atoms with Gasteiger partial charge >= 0.3 is 11.9 Å². The minimum atomic E-state index is -0.453. The van der Waals surface area contributed by atoms with Crippen LogP contribution in [0.1, 0.15) is 112 Å². The molecule has 7 aromatic rings. The molecule has 7 aromatic carbocycles. The molecule has 0 aliphatic carbocycles. The first-order valence-electron chi connectivity index (χ1n) is 24.1. The normalized spacial score (nSPS) is 10.9. The highest BCUT2D eigenvalue weighted by atomic mass is 16.5. The highest BCUT2D eigenvalue weighted by Gasteiger charge is 2.22. The van der Waals surface area contributed by atoms with E-state index in [1.165, 1.54) is 49.7 Å². The molecule has 0 aromatic heterocycles. The van der Waals surface area contributed by atoms with Gasteiger partial charge in [0.25, 0.3) is 0 Å². The number of anilines is 4. The first kappa shape index (κ1) is 47.1. The van der Waals surface area contributed by atoms with Gasteiger partial charge in [0.15, 0.2) is 0 Å². The van der Waals surface area contributed by atoms with Crippen molar-refractivity contribution in [1.82, 2.24) is 0 Å². The number of ether oxygens (including phenoxy) is 2. The Hall–Kier alpha value is -6.92. The van der Waals surface area contributed by atoms with Crippen LogP contribution in [0.3, 0.4) is 0 Å². The lowest BCUT2D eigenvalue weighted by atomic mass is 10.00. The minimum absolute atomic E-state index is 0.320. The Balaban J connectivity index is 1.15. The van der Waals surface area contributed by atoms with Crippen LogP contribution >= 0.6 is 0 Å². The Morgan fingerprint density at radius 1 is 0.348 bits per heavy atom. The topological polar surface area (TPSA) is 76.7 Å². The molecule has 66 heavy (non-hydrogen) atoms. The van der Waals surface area contributed by atoms with Crippen molar-refractivity contribution in [3.63, 3.8) is 0 Å². The van der Waals surface area contributed by atoms with Crippen molar-refractivity contribution in [2.45, 2.75) is 90.9 Å². The van der Waals surface area contributed by atoms with Gasteiger partial charge in [-0.25, -0.2) is 9.59 Å². The summed E-state index contributed by atoms with van der Waals surface area (Å²) in [5, 5.41) is 6.95. The summed E-state index contributed by atoms with van der Waals surface area (Å²) in [6.45, 7) is 5.05. The fourth-order valence-electron chi connectivity index (χ4n) is 8.17. The maximum Gasteiger partial charge on any atom is 0.340 e. The number of carbonyl (C=O) groups excluding carboxylic acids is 2. The van der Waals surface area contributed by atoms with E-state index in [9.17, 15) is 9.59 Å². The predicted molar refractivity (Wildman–Crippen MR) is 275 cm³/mol. The molecule has 0 heterocycles. The van der Waals surface area contributed by atoms with Gasteiger partial charge in [-0.05, 0) is 93.7 Å². The van der Waals surface area contributed by atoms with Crippen molar-refractivity contribution in [1.29, 1.82) is 0 Å². The van der Waals surface area contributed by atoms with Crippen LogP contribution in [0.4, 0.5) is 22.7 Å². The summed E-state index contributed by atoms with van der Waals surface area (Å²) in [6, 6.07) is 57.5. The molecule has 0 unspecified atom stereocenters. The van der Waals surface area contributed by atoms with Crippen LogP contribution in [0.15, 0.2) is 170 Å². The number of hydrogen-bond donors (Lipinski definition) is 2. The van der Waals surface area contributed by atoms with Crippen LogP contribution < -0.4 is 10.6 Å². The number of rotatable bonds is 24. The summed E-state index contributed by atoms with van der Waals surface area (Å²) < 4.78 is 11.9. The van der Waals surface area contributed by atoms with Crippen molar-refractivity contribution in [3.8, 4) is 44.5 Å². The quantitative estimate of drug-likeness (QED) is 0.0465. The highest BCUT2D eigenvalue weighted by molar-refractivity contribution is 6.04. The van der Waals surface area contributed by atoms with Crippen molar-refractivity contribution in [2.75, 3.05) is 23.8 Å². The van der Waals surface area contributed by atoms with E-state index in [4.69, 9.17) is 9.47 Å². The second-order valence-corrected chi connectivity index (χ2v) is 17.0. The van der Waals surface area contributed by atoms with Gasteiger partial charge in [-0.15, -0.1) is 0 Å². The standard InChI is InChI=1S/C60H64N2O4/c1-3-5-7-9-11-19-41-65-59(63)55-43-58(62-54-39-35-52(36-40-54)50-31-27-48(28-32-50)46-23-17-14-18-24-46)56(60(64)66-42-20-12-10-8-6-4-2)44-57(55)61-53-37-33-51(34-38-53)49-29-25-47(26-30-49)45-21-15-13-16-22-45/h13-18,21-40,43-44,61-62H,3-12,19-20,41-42H2,1-2H3. The molecule has 0 aliphatic rings. The lowest BCUT2D eigenvalue weighted by molar-refractivity contribution is 0.0485. The second kappa shape index (κ2) is 25.0. The van der Waals surface area contributed by atoms with Gasteiger partial charge < -0.3 is 20.1 Å². The number of carbonyl (C=O) groups is 2. The fraction of sp³-hybridized carbons (Fsp3) is 0.267. The SMILES string of the molecule is CCCCCCCCOC(=O)c1cc(Nc2ccc(-c3ccc(-c4ccccc4)cc3)cc2)c(C(=O)OCCCCCCCC)cc1Nc1ccc(-c2ccc(-c3ccccc3)cc2)cc1. The molecular formula is C60H64N2O4. The third-order valence-electron chi connectivity index (χ3n) is 12.0. The predicted octanol–water partition coefficient (Wildman–Crippen LogP) is 16.9. The van der Waals surface area contributed by atoms with Crippen LogP contribution in [0.2, 0.25) is 0 Å². The van der Waals surface area contributed by atoms with E-state index in [1.807, 2.05) is 60.7 Å². The summed E-state index contributed by atoms with van der Waals surface area (Å²) in [7, 11) is 0. The van der Waals surface area contributed by atoms with Crippen LogP contribution in [-0.2, 0) is 9.47 Å². The van der Waals surface area contributed by atoms with Crippen LogP contribution in [-0.4, -0.2) is 25.2 Å². The van der Waals surface area contributed by atoms with E-state index in [1.54, 1.807) is 12.1 Å². The third-order valence-corrected chi connectivity index (χ3v) is 12.0. The number of benzene rings is 7. The largest absolute Gasteiger partial charge is 0.462 e. The molecule has 6 nitrogen and oxygen atoms in total. The van der Waals surface area contributed by atoms with Crippen LogP contribution in [0.25, 0.3) is 44.5 Å². The molecule has 0 spiro atoms. The molecule has 0 saturated carbocycles. The monoisotopic (exact) mass is 876 g/mol. The molecular weight excluding hydrogens is 813 g/mol. The molecule has 2 N–H and O–H groups in total. The van der Waals surface area contributed by atoms with E-state index in [2.05, 4.69) is 122 Å². The Morgan fingerprint density at radius 2 is 0.621 bits per heavy atom. The Morgan fingerprint density at radius 3 is 0.939 bits per heavy atom. The molecule has 0 fully saturated rings. The van der Waals surface area contributed by atoms with Crippen LogP contribution in [0, 0.1) is 0 Å². The maximum atomic E-state index is 14.1. The van der Waals surface area contributed by atoms with Gasteiger partial charge in [-0.3, -0.25) is 0 Å². The lowest BCUT2D eigenvalue weighted by Crippen LogP contribution is -2.14. The Kier molecular flexibility index (Phi) is 17.8. The molecule has 0 aliphatic heterocycles. The van der Waals surface area contributed by atoms with E-state index < -0.39 is 11.9 Å². The summed E-state index contributed by atoms with van der Waals surface area (Å²) in [6.07, 6.45) is 13.0. The third kappa shape index (κ3) is 13.6. The number of nitrogens with one attached hydrogen (secondary N) is 2. The van der Waals surface area contributed by atoms with Gasteiger partial charge in [-0.1, -0.05) is 212 Å². The van der Waals surface area contributed by atoms with Crippen LogP contribution in [0.5, 0.6) is 0 Å². The molecule has 0 atom stereocenters. The number of unbranched alkanes of at least 4 members (excludes halogenated alkanes) is 10. The van der Waals surface area contributed by atoms with Crippen molar-refractivity contribution < 1.29 is 19.1 Å². The highest BCUT2D eigenvalue weighted by Crippen LogP contribution is 2.34. The Bertz CT molecular complexity index is 2370. The van der Waals surface area contributed by atoms with E-state index in [-0.39, 0.29) is 0 Å². The molecule has 0 bridgehead atoms. The Labute approximate surface area is 392 Å². The average Bonchev–Trinajstić information content (AvgIpc) is 3.37. The lowest BCUT2D eigenvalue weighted by Gasteiger charge is -2.18. The molecule has 0 saturated heterocycles. The van der Waals surface area contributed by atoms with Crippen molar-refractivity contribution in [2.24, 2.45) is 0 Å². The van der Waals surface area contributed by atoms with Gasteiger partial charge in [-0.2, -0.15) is 0 Å². The fourth-order valence-corrected chi connectivity index (χ4v) is 8.17. The average molecular weight is 877 g/mol. The minimum Gasteiger partial charge on any atom is -0.462 e. The zero-order chi connectivity index (χ0) is 45.8. The van der Waals surface area contributed by atoms with E-state index in [0.29, 0.717) is 35.7 Å². The van der Waals surface area contributed by atoms with E-state index in [0.717, 1.165) is 83.3 Å². The summed E-state index contributed by atoms with van der Waals surface area (Å²) >= 11 is 0. The molecule has 0 amide bonds.